The topological polar surface area (TPSA) is 73.9 Å². The first kappa shape index (κ1) is 24.9. The number of carbonyl (C=O) groups is 2. The highest BCUT2D eigenvalue weighted by Gasteiger charge is 2.37. The highest BCUT2D eigenvalue weighted by molar-refractivity contribution is 6.74. The lowest BCUT2D eigenvalue weighted by Crippen LogP contribution is -2.44. The molecule has 0 rings (SSSR count). The number of methoxy groups -OCH3 is 1. The van der Waals surface area contributed by atoms with Crippen LogP contribution in [0.1, 0.15) is 61.3 Å². The van der Waals surface area contributed by atoms with Gasteiger partial charge in [-0.3, -0.25) is 0 Å². The normalized spacial score (nSPS) is 15.2. The molecule has 0 aromatic heterocycles. The van der Waals surface area contributed by atoms with Crippen LogP contribution in [0.4, 0.5) is 4.79 Å². The van der Waals surface area contributed by atoms with Crippen molar-refractivity contribution in [1.29, 1.82) is 0 Å². The first-order valence-electron chi connectivity index (χ1n) is 9.30. The van der Waals surface area contributed by atoms with Crippen molar-refractivity contribution in [3.63, 3.8) is 0 Å². The van der Waals surface area contributed by atoms with E-state index >= 15 is 0 Å². The molecule has 6 nitrogen and oxygen atoms in total. The molecule has 0 aliphatic carbocycles. The first-order valence-corrected chi connectivity index (χ1v) is 12.2. The minimum atomic E-state index is -1.79. The zero-order chi connectivity index (χ0) is 20.8. The fraction of sp³-hybridized carbons (Fsp3) is 0.895. The van der Waals surface area contributed by atoms with Gasteiger partial charge in [0.05, 0.1) is 7.11 Å². The minimum Gasteiger partial charge on any atom is -0.467 e. The Labute approximate surface area is 160 Å². The second kappa shape index (κ2) is 9.74. The molecule has 0 aromatic rings. The molecule has 1 N–H and O–H groups in total. The summed E-state index contributed by atoms with van der Waals surface area (Å²) in [6.45, 7) is 19.2. The number of ether oxygens (including phenoxy) is 2. The summed E-state index contributed by atoms with van der Waals surface area (Å²) in [4.78, 5) is 23.9. The predicted octanol–water partition coefficient (Wildman–Crippen LogP) is 4.49. The molecule has 0 bridgehead atoms. The van der Waals surface area contributed by atoms with Gasteiger partial charge < -0.3 is 19.2 Å². The highest BCUT2D eigenvalue weighted by atomic mass is 28.4. The fourth-order valence-electron chi connectivity index (χ4n) is 1.94. The van der Waals surface area contributed by atoms with Crippen LogP contribution in [-0.2, 0) is 18.7 Å². The Kier molecular flexibility index (Phi) is 9.33. The first-order chi connectivity index (χ1) is 11.6. The minimum absolute atomic E-state index is 0.166. The maximum absolute atomic E-state index is 12.0. The van der Waals surface area contributed by atoms with Crippen LogP contribution in [0.5, 0.6) is 0 Å². The van der Waals surface area contributed by atoms with E-state index in [1.165, 1.54) is 7.11 Å². The van der Waals surface area contributed by atoms with Crippen LogP contribution in [0.3, 0.4) is 0 Å². The molecule has 2 unspecified atom stereocenters. The molecule has 0 aromatic carbocycles. The molecule has 0 heterocycles. The van der Waals surface area contributed by atoms with Crippen molar-refractivity contribution in [2.75, 3.05) is 13.7 Å². The smallest absolute Gasteiger partial charge is 0.408 e. The lowest BCUT2D eigenvalue weighted by molar-refractivity contribution is -0.143. The molecule has 0 saturated carbocycles. The summed E-state index contributed by atoms with van der Waals surface area (Å²) in [6.07, 6.45) is 0.607. The lowest BCUT2D eigenvalue weighted by atomic mass is 10.0. The molecule has 0 aliphatic heterocycles. The average Bonchev–Trinajstić information content (AvgIpc) is 2.45. The monoisotopic (exact) mass is 389 g/mol. The van der Waals surface area contributed by atoms with Gasteiger partial charge in [0, 0.05) is 6.61 Å². The number of nitrogens with one attached hydrogen (secondary N) is 1. The molecule has 0 radical (unpaired) electrons. The molecule has 1 amide bonds. The third kappa shape index (κ3) is 9.57. The van der Waals surface area contributed by atoms with Gasteiger partial charge in [0.25, 0.3) is 0 Å². The quantitative estimate of drug-likeness (QED) is 0.489. The molecule has 26 heavy (non-hydrogen) atoms. The number of esters is 1. The van der Waals surface area contributed by atoms with Crippen LogP contribution >= 0.6 is 0 Å². The number of carbonyl (C=O) groups excluding carboxylic acids is 2. The predicted molar refractivity (Wildman–Crippen MR) is 107 cm³/mol. The summed E-state index contributed by atoms with van der Waals surface area (Å²) >= 11 is 0. The van der Waals surface area contributed by atoms with E-state index in [-0.39, 0.29) is 11.0 Å². The molecule has 2 atom stereocenters. The van der Waals surface area contributed by atoms with Crippen LogP contribution in [0, 0.1) is 5.92 Å². The van der Waals surface area contributed by atoms with Crippen LogP contribution in [0.25, 0.3) is 0 Å². The molecule has 0 fully saturated rings. The van der Waals surface area contributed by atoms with E-state index in [0.717, 1.165) is 6.42 Å². The van der Waals surface area contributed by atoms with E-state index in [0.29, 0.717) is 13.0 Å². The fourth-order valence-corrected chi connectivity index (χ4v) is 3.08. The molecule has 0 aliphatic rings. The van der Waals surface area contributed by atoms with Gasteiger partial charge in [-0.25, -0.2) is 9.59 Å². The summed E-state index contributed by atoms with van der Waals surface area (Å²) in [5, 5.41) is 2.77. The standard InChI is InChI=1S/C19H39NO5Si/c1-14(13-24-26(9,10)19(5,6)7)11-12-15(16(21)23-8)20-17(22)25-18(2,3)4/h14-15H,11-13H2,1-10H3,(H,20,22). The van der Waals surface area contributed by atoms with Crippen molar-refractivity contribution in [3.05, 3.63) is 0 Å². The number of amides is 1. The summed E-state index contributed by atoms with van der Waals surface area (Å²) in [5.74, 6) is -0.190. The van der Waals surface area contributed by atoms with Crippen LogP contribution < -0.4 is 5.32 Å². The van der Waals surface area contributed by atoms with Crippen molar-refractivity contribution in [1.82, 2.24) is 5.32 Å². The summed E-state index contributed by atoms with van der Waals surface area (Å²) in [5.41, 5.74) is -0.616. The van der Waals surface area contributed by atoms with Crippen molar-refractivity contribution < 1.29 is 23.5 Å². The second-order valence-corrected chi connectivity index (χ2v) is 14.3. The molecular formula is C19H39NO5Si. The van der Waals surface area contributed by atoms with Gasteiger partial charge in [0.15, 0.2) is 8.32 Å². The second-order valence-electron chi connectivity index (χ2n) is 9.48. The average molecular weight is 390 g/mol. The van der Waals surface area contributed by atoms with Gasteiger partial charge in [-0.2, -0.15) is 0 Å². The van der Waals surface area contributed by atoms with E-state index in [1.54, 1.807) is 20.8 Å². The van der Waals surface area contributed by atoms with Gasteiger partial charge in [-0.1, -0.05) is 27.7 Å². The van der Waals surface area contributed by atoms with E-state index < -0.39 is 32.0 Å². The maximum Gasteiger partial charge on any atom is 0.408 e. The summed E-state index contributed by atoms with van der Waals surface area (Å²) in [6, 6.07) is -0.717. The van der Waals surface area contributed by atoms with Gasteiger partial charge in [-0.15, -0.1) is 0 Å². The SMILES string of the molecule is COC(=O)C(CCC(C)CO[Si](C)(C)C(C)(C)C)NC(=O)OC(C)(C)C. The third-order valence-corrected chi connectivity index (χ3v) is 9.16. The molecule has 0 spiro atoms. The summed E-state index contributed by atoms with van der Waals surface area (Å²) < 4.78 is 16.3. The zero-order valence-corrected chi connectivity index (χ0v) is 19.3. The molecule has 7 heteroatoms. The largest absolute Gasteiger partial charge is 0.467 e. The van der Waals surface area contributed by atoms with Crippen molar-refractivity contribution in [3.8, 4) is 0 Å². The number of alkyl carbamates (subject to hydrolysis) is 1. The molecule has 154 valence electrons. The Morgan fingerprint density at radius 3 is 2.00 bits per heavy atom. The van der Waals surface area contributed by atoms with Crippen molar-refractivity contribution >= 4 is 20.4 Å². The van der Waals surface area contributed by atoms with Gasteiger partial charge in [0.1, 0.15) is 11.6 Å². The van der Waals surface area contributed by atoms with Crippen molar-refractivity contribution in [2.45, 2.75) is 91.1 Å². The third-order valence-electron chi connectivity index (χ3n) is 4.66. The Bertz CT molecular complexity index is 466. The number of hydrogen-bond donors (Lipinski definition) is 1. The molecule has 0 saturated heterocycles. The Balaban J connectivity index is 4.61. The Morgan fingerprint density at radius 2 is 1.58 bits per heavy atom. The van der Waals surface area contributed by atoms with Gasteiger partial charge >= 0.3 is 12.1 Å². The summed E-state index contributed by atoms with van der Waals surface area (Å²) in [7, 11) is -0.471. The van der Waals surface area contributed by atoms with E-state index in [1.807, 2.05) is 0 Å². The van der Waals surface area contributed by atoms with Gasteiger partial charge in [-0.05, 0) is 57.7 Å². The Morgan fingerprint density at radius 1 is 1.04 bits per heavy atom. The van der Waals surface area contributed by atoms with Crippen LogP contribution in [0.2, 0.25) is 18.1 Å². The Hall–Kier alpha value is -1.08. The van der Waals surface area contributed by atoms with E-state index in [2.05, 4.69) is 46.1 Å². The maximum atomic E-state index is 12.0. The lowest BCUT2D eigenvalue weighted by Gasteiger charge is -2.37. The zero-order valence-electron chi connectivity index (χ0n) is 18.3. The highest BCUT2D eigenvalue weighted by Crippen LogP contribution is 2.36. The van der Waals surface area contributed by atoms with Crippen molar-refractivity contribution in [2.24, 2.45) is 5.92 Å². The number of rotatable bonds is 8. The number of hydrogen-bond acceptors (Lipinski definition) is 5. The molecular weight excluding hydrogens is 350 g/mol. The van der Waals surface area contributed by atoms with Crippen LogP contribution in [-0.4, -0.2) is 45.7 Å². The van der Waals surface area contributed by atoms with Crippen LogP contribution in [0.15, 0.2) is 0 Å². The van der Waals surface area contributed by atoms with E-state index in [4.69, 9.17) is 13.9 Å². The van der Waals surface area contributed by atoms with Gasteiger partial charge in [0.2, 0.25) is 0 Å². The van der Waals surface area contributed by atoms with E-state index in [9.17, 15) is 9.59 Å².